The molecular weight excluding hydrogens is 354 g/mol. The van der Waals surface area contributed by atoms with Crippen molar-refractivity contribution in [2.24, 2.45) is 0 Å². The van der Waals surface area contributed by atoms with Crippen molar-refractivity contribution < 1.29 is 23.9 Å². The van der Waals surface area contributed by atoms with E-state index in [2.05, 4.69) is 26.0 Å². The third kappa shape index (κ3) is 7.21. The average molecular weight is 372 g/mol. The van der Waals surface area contributed by atoms with Crippen LogP contribution in [0.15, 0.2) is 28.7 Å². The van der Waals surface area contributed by atoms with E-state index < -0.39 is 11.9 Å². The molecule has 1 aromatic carbocycles. The number of nitrogens with one attached hydrogen (secondary N) is 1. The predicted octanol–water partition coefficient (Wildman–Crippen LogP) is 2.20. The third-order valence-corrected chi connectivity index (χ3v) is 3.24. The van der Waals surface area contributed by atoms with E-state index in [1.165, 1.54) is 7.11 Å². The van der Waals surface area contributed by atoms with Gasteiger partial charge in [0.2, 0.25) is 5.91 Å². The van der Waals surface area contributed by atoms with E-state index in [1.807, 2.05) is 0 Å². The Balaban J connectivity index is 2.33. The Morgan fingerprint density at radius 3 is 2.36 bits per heavy atom. The van der Waals surface area contributed by atoms with E-state index in [9.17, 15) is 14.4 Å². The molecule has 0 radical (unpaired) electrons. The Bertz CT molecular complexity index is 529. The normalized spacial score (nSPS) is 11.4. The van der Waals surface area contributed by atoms with Gasteiger partial charge in [0.1, 0.15) is 5.75 Å². The molecule has 0 bridgehead atoms. The van der Waals surface area contributed by atoms with Gasteiger partial charge in [-0.15, -0.1) is 0 Å². The molecule has 1 atom stereocenters. The Labute approximate surface area is 137 Å². The molecule has 1 N–H and O–H groups in total. The summed E-state index contributed by atoms with van der Waals surface area (Å²) in [7, 11) is 1.26. The highest BCUT2D eigenvalue weighted by atomic mass is 79.9. The van der Waals surface area contributed by atoms with Gasteiger partial charge >= 0.3 is 11.9 Å². The number of carbonyl (C=O) groups excluding carboxylic acids is 3. The fourth-order valence-corrected chi connectivity index (χ4v) is 1.91. The number of benzene rings is 1. The van der Waals surface area contributed by atoms with E-state index in [0.717, 1.165) is 4.47 Å². The minimum absolute atomic E-state index is 0.0123. The Hall–Kier alpha value is -1.89. The highest BCUT2D eigenvalue weighted by Crippen LogP contribution is 2.16. The Morgan fingerprint density at radius 1 is 1.14 bits per heavy atom. The molecule has 0 fully saturated rings. The highest BCUT2D eigenvalue weighted by molar-refractivity contribution is 9.10. The first-order valence-corrected chi connectivity index (χ1v) is 7.52. The highest BCUT2D eigenvalue weighted by Gasteiger charge is 2.14. The number of methoxy groups -OCH3 is 1. The first-order valence-electron chi connectivity index (χ1n) is 6.73. The summed E-state index contributed by atoms with van der Waals surface area (Å²) < 4.78 is 10.5. The van der Waals surface area contributed by atoms with Gasteiger partial charge in [-0.2, -0.15) is 0 Å². The SMILES string of the molecule is COC(=O)CCC(=O)NC(C)CC(=O)Oc1ccc(Br)cc1. The van der Waals surface area contributed by atoms with Gasteiger partial charge in [-0.3, -0.25) is 14.4 Å². The summed E-state index contributed by atoms with van der Waals surface area (Å²) in [6.07, 6.45) is 0.0805. The zero-order chi connectivity index (χ0) is 16.5. The molecule has 0 aliphatic heterocycles. The second-order valence-corrected chi connectivity index (χ2v) is 5.59. The second-order valence-electron chi connectivity index (χ2n) is 4.68. The number of esters is 2. The number of halogens is 1. The minimum atomic E-state index is -0.447. The van der Waals surface area contributed by atoms with Crippen LogP contribution in [0, 0.1) is 0 Å². The van der Waals surface area contributed by atoms with Gasteiger partial charge < -0.3 is 14.8 Å². The van der Waals surface area contributed by atoms with Crippen LogP contribution in [0.3, 0.4) is 0 Å². The summed E-state index contributed by atoms with van der Waals surface area (Å²) in [5, 5.41) is 2.63. The van der Waals surface area contributed by atoms with Gasteiger partial charge in [0.05, 0.1) is 20.0 Å². The molecule has 6 nitrogen and oxygen atoms in total. The van der Waals surface area contributed by atoms with Crippen molar-refractivity contribution in [3.63, 3.8) is 0 Å². The van der Waals surface area contributed by atoms with E-state index in [0.29, 0.717) is 5.75 Å². The van der Waals surface area contributed by atoms with E-state index >= 15 is 0 Å². The number of ether oxygens (including phenoxy) is 2. The standard InChI is InChI=1S/C15H18BrNO5/c1-10(17-13(18)7-8-14(19)21-2)9-15(20)22-12-5-3-11(16)4-6-12/h3-6,10H,7-9H2,1-2H3,(H,17,18). The number of rotatable bonds is 7. The van der Waals surface area contributed by atoms with Crippen molar-refractivity contribution in [1.82, 2.24) is 5.32 Å². The zero-order valence-electron chi connectivity index (χ0n) is 12.4. The summed E-state index contributed by atoms with van der Waals surface area (Å²) in [5.41, 5.74) is 0. The summed E-state index contributed by atoms with van der Waals surface area (Å²) in [5.74, 6) is -0.757. The van der Waals surface area contributed by atoms with Crippen LogP contribution in [0.5, 0.6) is 5.75 Å². The molecule has 0 aliphatic carbocycles. The van der Waals surface area contributed by atoms with Crippen molar-refractivity contribution in [2.45, 2.75) is 32.2 Å². The molecule has 0 aromatic heterocycles. The van der Waals surface area contributed by atoms with Crippen molar-refractivity contribution in [2.75, 3.05) is 7.11 Å². The number of hydrogen-bond acceptors (Lipinski definition) is 5. The molecule has 0 aliphatic rings. The Kier molecular flexibility index (Phi) is 7.59. The second kappa shape index (κ2) is 9.19. The van der Waals surface area contributed by atoms with Crippen LogP contribution < -0.4 is 10.1 Å². The monoisotopic (exact) mass is 371 g/mol. The smallest absolute Gasteiger partial charge is 0.313 e. The first-order chi connectivity index (χ1) is 10.4. The molecule has 0 saturated carbocycles. The van der Waals surface area contributed by atoms with Gasteiger partial charge in [0.15, 0.2) is 0 Å². The lowest BCUT2D eigenvalue weighted by Gasteiger charge is -2.13. The van der Waals surface area contributed by atoms with Crippen molar-refractivity contribution in [3.05, 3.63) is 28.7 Å². The number of amides is 1. The van der Waals surface area contributed by atoms with Crippen LogP contribution in [0.4, 0.5) is 0 Å². The molecule has 22 heavy (non-hydrogen) atoms. The van der Waals surface area contributed by atoms with Gasteiger partial charge in [-0.05, 0) is 31.2 Å². The van der Waals surface area contributed by atoms with Crippen LogP contribution in [0.2, 0.25) is 0 Å². The summed E-state index contributed by atoms with van der Waals surface area (Å²) in [6.45, 7) is 1.69. The van der Waals surface area contributed by atoms with Crippen LogP contribution >= 0.6 is 15.9 Å². The van der Waals surface area contributed by atoms with E-state index in [1.54, 1.807) is 31.2 Å². The van der Waals surface area contributed by atoms with Crippen LogP contribution in [-0.4, -0.2) is 31.0 Å². The fraction of sp³-hybridized carbons (Fsp3) is 0.400. The molecule has 0 spiro atoms. The molecule has 120 valence electrons. The molecule has 1 rings (SSSR count). The number of hydrogen-bond donors (Lipinski definition) is 1. The Morgan fingerprint density at radius 2 is 1.77 bits per heavy atom. The number of carbonyl (C=O) groups is 3. The molecule has 1 unspecified atom stereocenters. The minimum Gasteiger partial charge on any atom is -0.469 e. The lowest BCUT2D eigenvalue weighted by molar-refractivity contribution is -0.142. The van der Waals surface area contributed by atoms with Gasteiger partial charge in [0.25, 0.3) is 0 Å². The fourth-order valence-electron chi connectivity index (χ4n) is 1.64. The van der Waals surface area contributed by atoms with Crippen LogP contribution in [0.25, 0.3) is 0 Å². The summed E-state index contributed by atoms with van der Waals surface area (Å²) in [6, 6.07) is 6.48. The average Bonchev–Trinajstić information content (AvgIpc) is 2.46. The predicted molar refractivity (Wildman–Crippen MR) is 83.2 cm³/mol. The van der Waals surface area contributed by atoms with Gasteiger partial charge in [-0.25, -0.2) is 0 Å². The molecule has 1 amide bonds. The molecular formula is C15H18BrNO5. The first kappa shape index (κ1) is 18.2. The zero-order valence-corrected chi connectivity index (χ0v) is 14.0. The largest absolute Gasteiger partial charge is 0.469 e. The van der Waals surface area contributed by atoms with Crippen LogP contribution in [-0.2, 0) is 19.1 Å². The molecule has 7 heteroatoms. The van der Waals surface area contributed by atoms with Crippen molar-refractivity contribution in [3.8, 4) is 5.75 Å². The summed E-state index contributed by atoms with van der Waals surface area (Å²) >= 11 is 3.29. The van der Waals surface area contributed by atoms with E-state index in [-0.39, 0.29) is 31.2 Å². The van der Waals surface area contributed by atoms with Gasteiger partial charge in [-0.1, -0.05) is 15.9 Å². The molecule has 0 saturated heterocycles. The maximum atomic E-state index is 11.7. The maximum absolute atomic E-state index is 11.7. The third-order valence-electron chi connectivity index (χ3n) is 2.71. The van der Waals surface area contributed by atoms with Gasteiger partial charge in [0, 0.05) is 16.9 Å². The lowest BCUT2D eigenvalue weighted by Crippen LogP contribution is -2.35. The molecule has 0 heterocycles. The van der Waals surface area contributed by atoms with Crippen LogP contribution in [0.1, 0.15) is 26.2 Å². The quantitative estimate of drug-likeness (QED) is 0.586. The van der Waals surface area contributed by atoms with E-state index in [4.69, 9.17) is 4.74 Å². The maximum Gasteiger partial charge on any atom is 0.313 e. The van der Waals surface area contributed by atoms with Crippen molar-refractivity contribution >= 4 is 33.8 Å². The lowest BCUT2D eigenvalue weighted by atomic mass is 10.2. The summed E-state index contributed by atoms with van der Waals surface area (Å²) in [4.78, 5) is 34.2. The van der Waals surface area contributed by atoms with Crippen molar-refractivity contribution in [1.29, 1.82) is 0 Å². The topological polar surface area (TPSA) is 81.7 Å². The molecule has 1 aromatic rings.